The molecule has 0 aliphatic carbocycles. The third-order valence-corrected chi connectivity index (χ3v) is 2.68. The lowest BCUT2D eigenvalue weighted by Crippen LogP contribution is -2.51. The molecule has 0 radical (unpaired) electrons. The molecule has 2 nitrogen and oxygen atoms in total. The van der Waals surface area contributed by atoms with Crippen molar-refractivity contribution in [2.24, 2.45) is 0 Å². The topological polar surface area (TPSA) is 15.3 Å². The highest BCUT2D eigenvalue weighted by atomic mass is 35.5. The van der Waals surface area contributed by atoms with Crippen molar-refractivity contribution in [3.05, 3.63) is 0 Å². The smallest absolute Gasteiger partial charge is 0.0221 e. The van der Waals surface area contributed by atoms with Gasteiger partial charge in [0, 0.05) is 12.6 Å². The van der Waals surface area contributed by atoms with Crippen molar-refractivity contribution in [3.63, 3.8) is 0 Å². The van der Waals surface area contributed by atoms with Crippen molar-refractivity contribution >= 4 is 12.4 Å². The molecule has 66 valence electrons. The lowest BCUT2D eigenvalue weighted by molar-refractivity contribution is 0.0991. The van der Waals surface area contributed by atoms with E-state index in [4.69, 9.17) is 0 Å². The van der Waals surface area contributed by atoms with Gasteiger partial charge in [-0.2, -0.15) is 0 Å². The summed E-state index contributed by atoms with van der Waals surface area (Å²) in [6, 6.07) is 0.877. The predicted molar refractivity (Wildman–Crippen MR) is 49.3 cm³/mol. The van der Waals surface area contributed by atoms with E-state index in [0.29, 0.717) is 0 Å². The molecule has 2 aliphatic rings. The summed E-state index contributed by atoms with van der Waals surface area (Å²) >= 11 is 0. The minimum atomic E-state index is 0. The van der Waals surface area contributed by atoms with E-state index in [2.05, 4.69) is 10.2 Å². The van der Waals surface area contributed by atoms with E-state index in [0.717, 1.165) is 6.04 Å². The van der Waals surface area contributed by atoms with Gasteiger partial charge in [-0.05, 0) is 38.9 Å². The number of piperidine rings is 1. The minimum absolute atomic E-state index is 0. The fourth-order valence-electron chi connectivity index (χ4n) is 1.85. The number of likely N-dealkylation sites (tertiary alicyclic amines) is 1. The molecule has 0 bridgehead atoms. The summed E-state index contributed by atoms with van der Waals surface area (Å²) in [5, 5.41) is 3.44. The van der Waals surface area contributed by atoms with Gasteiger partial charge in [0.2, 0.25) is 0 Å². The van der Waals surface area contributed by atoms with Crippen molar-refractivity contribution in [1.29, 1.82) is 0 Å². The molecule has 11 heavy (non-hydrogen) atoms. The molecule has 0 aromatic heterocycles. The van der Waals surface area contributed by atoms with E-state index < -0.39 is 0 Å². The molecular weight excluding hydrogens is 160 g/mol. The number of nitrogens with one attached hydrogen (secondary N) is 1. The lowest BCUT2D eigenvalue weighted by Gasteiger charge is -2.40. The molecule has 3 heteroatoms. The molecular formula is C8H17ClN2. The van der Waals surface area contributed by atoms with Crippen LogP contribution in [0, 0.1) is 0 Å². The van der Waals surface area contributed by atoms with Gasteiger partial charge in [0.05, 0.1) is 0 Å². The lowest BCUT2D eigenvalue weighted by atomic mass is 10.0. The van der Waals surface area contributed by atoms with Crippen LogP contribution in [0.25, 0.3) is 0 Å². The Hall–Kier alpha value is 0.210. The van der Waals surface area contributed by atoms with Gasteiger partial charge in [0.15, 0.2) is 0 Å². The van der Waals surface area contributed by atoms with Gasteiger partial charge in [-0.1, -0.05) is 0 Å². The first kappa shape index (κ1) is 9.30. The van der Waals surface area contributed by atoms with E-state index in [9.17, 15) is 0 Å². The average Bonchev–Trinajstić information content (AvgIpc) is 1.86. The molecule has 2 fully saturated rings. The Morgan fingerprint density at radius 3 is 2.45 bits per heavy atom. The fraction of sp³-hybridized carbons (Fsp3) is 1.00. The maximum Gasteiger partial charge on any atom is 0.0221 e. The number of hydrogen-bond donors (Lipinski definition) is 1. The molecule has 1 unspecified atom stereocenters. The first-order valence-electron chi connectivity index (χ1n) is 4.41. The van der Waals surface area contributed by atoms with Crippen LogP contribution in [0.2, 0.25) is 0 Å². The average molecular weight is 177 g/mol. The number of nitrogens with zero attached hydrogens (tertiary/aromatic N) is 1. The third-order valence-electron chi connectivity index (χ3n) is 2.68. The van der Waals surface area contributed by atoms with E-state index in [1.165, 1.54) is 45.4 Å². The zero-order valence-corrected chi connectivity index (χ0v) is 7.70. The maximum atomic E-state index is 3.44. The van der Waals surface area contributed by atoms with Crippen LogP contribution < -0.4 is 5.32 Å². The first-order valence-corrected chi connectivity index (χ1v) is 4.41. The molecule has 2 aliphatic heterocycles. The summed E-state index contributed by atoms with van der Waals surface area (Å²) in [6.07, 6.45) is 4.23. The Kier molecular flexibility index (Phi) is 3.63. The van der Waals surface area contributed by atoms with Crippen molar-refractivity contribution in [2.75, 3.05) is 26.2 Å². The molecule has 0 aromatic carbocycles. The molecule has 1 N–H and O–H groups in total. The Labute approximate surface area is 74.7 Å². The molecule has 2 heterocycles. The van der Waals surface area contributed by atoms with Gasteiger partial charge >= 0.3 is 0 Å². The Balaban J connectivity index is 0.000000605. The van der Waals surface area contributed by atoms with Crippen LogP contribution in [0.1, 0.15) is 19.3 Å². The van der Waals surface area contributed by atoms with Crippen LogP contribution in [-0.4, -0.2) is 37.1 Å². The fourth-order valence-corrected chi connectivity index (χ4v) is 1.85. The molecule has 0 amide bonds. The van der Waals surface area contributed by atoms with Crippen LogP contribution in [-0.2, 0) is 0 Å². The van der Waals surface area contributed by atoms with Crippen LogP contribution in [0.5, 0.6) is 0 Å². The van der Waals surface area contributed by atoms with Gasteiger partial charge in [-0.25, -0.2) is 0 Å². The molecule has 0 saturated carbocycles. The molecule has 0 spiro atoms. The summed E-state index contributed by atoms with van der Waals surface area (Å²) in [6.45, 7) is 5.18. The normalized spacial score (nSPS) is 32.2. The van der Waals surface area contributed by atoms with Gasteiger partial charge in [0.25, 0.3) is 0 Å². The standard InChI is InChI=1S/C8H16N2.ClH/c1-3-8(7-9-4-1)10-5-2-6-10;/h8-9H,1-7H2;1H. The monoisotopic (exact) mass is 176 g/mol. The molecule has 2 rings (SSSR count). The second-order valence-electron chi connectivity index (χ2n) is 3.39. The molecule has 0 aromatic rings. The van der Waals surface area contributed by atoms with E-state index in [1.54, 1.807) is 0 Å². The molecule has 1 atom stereocenters. The summed E-state index contributed by atoms with van der Waals surface area (Å²) in [4.78, 5) is 2.60. The maximum absolute atomic E-state index is 3.44. The number of hydrogen-bond acceptors (Lipinski definition) is 2. The van der Waals surface area contributed by atoms with E-state index >= 15 is 0 Å². The number of rotatable bonds is 1. The largest absolute Gasteiger partial charge is 0.315 e. The second kappa shape index (κ2) is 4.29. The SMILES string of the molecule is C1CNCC(N2CCC2)C1.Cl. The second-order valence-corrected chi connectivity index (χ2v) is 3.39. The highest BCUT2D eigenvalue weighted by Crippen LogP contribution is 2.16. The highest BCUT2D eigenvalue weighted by molar-refractivity contribution is 5.85. The predicted octanol–water partition coefficient (Wildman–Crippen LogP) is 0.866. The molecule has 2 saturated heterocycles. The van der Waals surface area contributed by atoms with Crippen LogP contribution in [0.15, 0.2) is 0 Å². The summed E-state index contributed by atoms with van der Waals surface area (Å²) in [7, 11) is 0. The van der Waals surface area contributed by atoms with Gasteiger partial charge in [-0.3, -0.25) is 4.90 Å². The van der Waals surface area contributed by atoms with Crippen molar-refractivity contribution in [3.8, 4) is 0 Å². The van der Waals surface area contributed by atoms with Crippen molar-refractivity contribution in [2.45, 2.75) is 25.3 Å². The summed E-state index contributed by atoms with van der Waals surface area (Å²) in [5.74, 6) is 0. The Bertz CT molecular complexity index is 109. The van der Waals surface area contributed by atoms with Crippen molar-refractivity contribution < 1.29 is 0 Å². The van der Waals surface area contributed by atoms with Crippen molar-refractivity contribution in [1.82, 2.24) is 10.2 Å². The number of halogens is 1. The quantitative estimate of drug-likeness (QED) is 0.638. The third kappa shape index (κ3) is 2.08. The highest BCUT2D eigenvalue weighted by Gasteiger charge is 2.24. The summed E-state index contributed by atoms with van der Waals surface area (Å²) in [5.41, 5.74) is 0. The van der Waals surface area contributed by atoms with Gasteiger partial charge in [0.1, 0.15) is 0 Å². The van der Waals surface area contributed by atoms with Gasteiger partial charge < -0.3 is 5.32 Å². The zero-order valence-electron chi connectivity index (χ0n) is 6.88. The van der Waals surface area contributed by atoms with Crippen LogP contribution in [0.4, 0.5) is 0 Å². The Morgan fingerprint density at radius 1 is 1.18 bits per heavy atom. The van der Waals surface area contributed by atoms with E-state index in [-0.39, 0.29) is 12.4 Å². The zero-order chi connectivity index (χ0) is 6.81. The van der Waals surface area contributed by atoms with Gasteiger partial charge in [-0.15, -0.1) is 12.4 Å². The van der Waals surface area contributed by atoms with Crippen LogP contribution >= 0.6 is 12.4 Å². The Morgan fingerprint density at radius 2 is 2.00 bits per heavy atom. The van der Waals surface area contributed by atoms with E-state index in [1.807, 2.05) is 0 Å². The summed E-state index contributed by atoms with van der Waals surface area (Å²) < 4.78 is 0. The van der Waals surface area contributed by atoms with Crippen LogP contribution in [0.3, 0.4) is 0 Å². The first-order chi connectivity index (χ1) is 4.97. The minimum Gasteiger partial charge on any atom is -0.315 e.